The van der Waals surface area contributed by atoms with E-state index in [1.54, 1.807) is 0 Å². The van der Waals surface area contributed by atoms with Crippen LogP contribution >= 0.6 is 0 Å². The van der Waals surface area contributed by atoms with Crippen molar-refractivity contribution < 1.29 is 27.7 Å². The molecule has 0 unspecified atom stereocenters. The van der Waals surface area contributed by atoms with Gasteiger partial charge in [0.2, 0.25) is 15.9 Å². The first kappa shape index (κ1) is 21.6. The number of piperidine rings is 1. The number of likely N-dealkylation sites (tertiary alicyclic amines) is 1. The van der Waals surface area contributed by atoms with Crippen LogP contribution in [-0.2, 0) is 24.3 Å². The molecular formula is C17H23N3O7S. The Labute approximate surface area is 163 Å². The lowest BCUT2D eigenvalue weighted by molar-refractivity contribution is -0.385. The van der Waals surface area contributed by atoms with Crippen molar-refractivity contribution in [2.45, 2.75) is 19.8 Å². The van der Waals surface area contributed by atoms with E-state index >= 15 is 0 Å². The van der Waals surface area contributed by atoms with Crippen LogP contribution in [0.1, 0.15) is 18.4 Å². The summed E-state index contributed by atoms with van der Waals surface area (Å²) < 4.78 is 30.2. The minimum absolute atomic E-state index is 0.0921. The van der Waals surface area contributed by atoms with Gasteiger partial charge >= 0.3 is 5.97 Å². The van der Waals surface area contributed by atoms with Gasteiger partial charge in [-0.1, -0.05) is 6.07 Å². The van der Waals surface area contributed by atoms with Crippen LogP contribution in [0.4, 0.5) is 11.4 Å². The van der Waals surface area contributed by atoms with E-state index in [9.17, 15) is 28.1 Å². The fourth-order valence-electron chi connectivity index (χ4n) is 3.21. The lowest BCUT2D eigenvalue weighted by atomic mass is 9.97. The number of nitrogens with zero attached hydrogens (tertiary/aromatic N) is 3. The first-order chi connectivity index (χ1) is 13.1. The molecule has 11 heteroatoms. The summed E-state index contributed by atoms with van der Waals surface area (Å²) in [6.45, 7) is 1.59. The van der Waals surface area contributed by atoms with Gasteiger partial charge in [-0.3, -0.25) is 24.0 Å². The number of nitro groups is 1. The number of esters is 1. The maximum absolute atomic E-state index is 12.7. The molecule has 0 atom stereocenters. The van der Waals surface area contributed by atoms with Crippen molar-refractivity contribution in [3.8, 4) is 0 Å². The van der Waals surface area contributed by atoms with Gasteiger partial charge in [0, 0.05) is 19.2 Å². The topological polar surface area (TPSA) is 127 Å². The number of methoxy groups -OCH3 is 1. The summed E-state index contributed by atoms with van der Waals surface area (Å²) in [6.07, 6.45) is 1.82. The maximum Gasteiger partial charge on any atom is 0.308 e. The van der Waals surface area contributed by atoms with Gasteiger partial charge in [0.05, 0.1) is 35.5 Å². The summed E-state index contributed by atoms with van der Waals surface area (Å²) in [5.41, 5.74) is 0.0297. The number of carbonyl (C=O) groups is 2. The van der Waals surface area contributed by atoms with E-state index in [2.05, 4.69) is 0 Å². The van der Waals surface area contributed by atoms with E-state index in [-0.39, 0.29) is 28.8 Å². The molecule has 28 heavy (non-hydrogen) atoms. The van der Waals surface area contributed by atoms with Crippen molar-refractivity contribution in [3.05, 3.63) is 33.9 Å². The van der Waals surface area contributed by atoms with Crippen LogP contribution in [0.5, 0.6) is 0 Å². The van der Waals surface area contributed by atoms with Crippen molar-refractivity contribution >= 4 is 33.3 Å². The summed E-state index contributed by atoms with van der Waals surface area (Å²) in [7, 11) is -2.54. The van der Waals surface area contributed by atoms with Crippen molar-refractivity contribution in [2.75, 3.05) is 37.3 Å². The van der Waals surface area contributed by atoms with Gasteiger partial charge in [-0.15, -0.1) is 0 Å². The Kier molecular flexibility index (Phi) is 6.60. The van der Waals surface area contributed by atoms with Crippen LogP contribution in [0.15, 0.2) is 18.2 Å². The first-order valence-corrected chi connectivity index (χ1v) is 10.5. The molecule has 1 heterocycles. The van der Waals surface area contributed by atoms with Crippen LogP contribution in [0.3, 0.4) is 0 Å². The second-order valence-corrected chi connectivity index (χ2v) is 8.53. The molecule has 1 aliphatic rings. The second kappa shape index (κ2) is 8.55. The lowest BCUT2D eigenvalue weighted by Gasteiger charge is -2.32. The third-order valence-electron chi connectivity index (χ3n) is 4.80. The third kappa shape index (κ3) is 4.77. The molecule has 154 valence electrons. The van der Waals surface area contributed by atoms with E-state index in [1.807, 2.05) is 0 Å². The zero-order valence-corrected chi connectivity index (χ0v) is 16.8. The average molecular weight is 413 g/mol. The molecule has 0 N–H and O–H groups in total. The predicted molar refractivity (Wildman–Crippen MR) is 101 cm³/mol. The van der Waals surface area contributed by atoms with E-state index in [4.69, 9.17) is 4.74 Å². The van der Waals surface area contributed by atoms with Crippen molar-refractivity contribution in [1.82, 2.24) is 4.90 Å². The van der Waals surface area contributed by atoms with Crippen LogP contribution < -0.4 is 4.31 Å². The van der Waals surface area contributed by atoms with Gasteiger partial charge < -0.3 is 9.64 Å². The molecule has 0 saturated carbocycles. The summed E-state index contributed by atoms with van der Waals surface area (Å²) >= 11 is 0. The normalized spacial score (nSPS) is 15.2. The largest absolute Gasteiger partial charge is 0.469 e. The summed E-state index contributed by atoms with van der Waals surface area (Å²) in [4.78, 5) is 36.3. The number of ether oxygens (including phenoxy) is 1. The molecule has 0 radical (unpaired) electrons. The molecule has 1 aromatic rings. The molecule has 0 aliphatic carbocycles. The van der Waals surface area contributed by atoms with E-state index in [0.29, 0.717) is 25.9 Å². The number of amides is 1. The quantitative estimate of drug-likeness (QED) is 0.388. The number of hydrogen-bond donors (Lipinski definition) is 0. The highest BCUT2D eigenvalue weighted by atomic mass is 32.2. The number of nitro benzene ring substituents is 1. The SMILES string of the molecule is COC(=O)C1CCN(C(=O)CN(c2cccc([N+](=O)[O-])c2C)S(C)(=O)=O)CC1. The minimum Gasteiger partial charge on any atom is -0.469 e. The molecule has 1 aliphatic heterocycles. The first-order valence-electron chi connectivity index (χ1n) is 8.63. The smallest absolute Gasteiger partial charge is 0.308 e. The molecule has 2 rings (SSSR count). The zero-order valence-electron chi connectivity index (χ0n) is 16.0. The third-order valence-corrected chi connectivity index (χ3v) is 5.93. The van der Waals surface area contributed by atoms with Crippen LogP contribution in [0.2, 0.25) is 0 Å². The van der Waals surface area contributed by atoms with Gasteiger partial charge in [0.25, 0.3) is 5.69 Å². The Morgan fingerprint density at radius 3 is 2.43 bits per heavy atom. The van der Waals surface area contributed by atoms with Crippen molar-refractivity contribution in [2.24, 2.45) is 5.92 Å². The zero-order chi connectivity index (χ0) is 21.1. The Morgan fingerprint density at radius 2 is 1.93 bits per heavy atom. The number of benzene rings is 1. The van der Waals surface area contributed by atoms with Gasteiger partial charge in [-0.2, -0.15) is 0 Å². The van der Waals surface area contributed by atoms with Gasteiger partial charge in [0.1, 0.15) is 6.54 Å². The maximum atomic E-state index is 12.7. The van der Waals surface area contributed by atoms with Crippen LogP contribution in [-0.4, -0.2) is 63.1 Å². The van der Waals surface area contributed by atoms with Gasteiger partial charge in [-0.05, 0) is 25.8 Å². The molecule has 1 amide bonds. The highest BCUT2D eigenvalue weighted by Crippen LogP contribution is 2.30. The van der Waals surface area contributed by atoms with Crippen molar-refractivity contribution in [3.63, 3.8) is 0 Å². The van der Waals surface area contributed by atoms with Crippen molar-refractivity contribution in [1.29, 1.82) is 0 Å². The molecule has 1 saturated heterocycles. The molecule has 0 aromatic heterocycles. The van der Waals surface area contributed by atoms with Gasteiger partial charge in [-0.25, -0.2) is 8.42 Å². The monoisotopic (exact) mass is 413 g/mol. The number of sulfonamides is 1. The average Bonchev–Trinajstić information content (AvgIpc) is 2.64. The molecule has 0 bridgehead atoms. The molecule has 0 spiro atoms. The summed E-state index contributed by atoms with van der Waals surface area (Å²) in [6, 6.07) is 4.09. The Bertz CT molecular complexity index is 877. The fourth-order valence-corrected chi connectivity index (χ4v) is 4.11. The standard InChI is InChI=1S/C17H23N3O7S/c1-12-14(5-4-6-15(12)20(23)24)19(28(3,25)26)11-16(21)18-9-7-13(8-10-18)17(22)27-2/h4-6,13H,7-11H2,1-3H3. The Hall–Kier alpha value is -2.69. The van der Waals surface area contributed by atoms with E-state index in [0.717, 1.165) is 10.6 Å². The number of hydrogen-bond acceptors (Lipinski definition) is 7. The molecule has 1 aromatic carbocycles. The summed E-state index contributed by atoms with van der Waals surface area (Å²) in [5, 5.41) is 11.2. The Morgan fingerprint density at radius 1 is 1.32 bits per heavy atom. The lowest BCUT2D eigenvalue weighted by Crippen LogP contribution is -2.46. The van der Waals surface area contributed by atoms with Crippen LogP contribution in [0, 0.1) is 23.0 Å². The highest BCUT2D eigenvalue weighted by molar-refractivity contribution is 7.92. The van der Waals surface area contributed by atoms with Crippen LogP contribution in [0.25, 0.3) is 0 Å². The van der Waals surface area contributed by atoms with E-state index < -0.39 is 27.4 Å². The highest BCUT2D eigenvalue weighted by Gasteiger charge is 2.31. The second-order valence-electron chi connectivity index (χ2n) is 6.63. The fraction of sp³-hybridized carbons (Fsp3) is 0.529. The van der Waals surface area contributed by atoms with E-state index in [1.165, 1.54) is 37.1 Å². The Balaban J connectivity index is 2.21. The molecular weight excluding hydrogens is 390 g/mol. The number of anilines is 1. The number of carbonyl (C=O) groups excluding carboxylic acids is 2. The molecule has 1 fully saturated rings. The summed E-state index contributed by atoms with van der Waals surface area (Å²) in [5.74, 6) is -1.03. The number of rotatable bonds is 6. The minimum atomic E-state index is -3.86. The van der Waals surface area contributed by atoms with Gasteiger partial charge in [0.15, 0.2) is 0 Å². The predicted octanol–water partition coefficient (Wildman–Crippen LogP) is 1.08. The molecule has 10 nitrogen and oxygen atoms in total.